The maximum Gasteiger partial charge on any atom is 0.304 e. The largest absolute Gasteiger partial charge is 0.481 e. The highest BCUT2D eigenvalue weighted by Gasteiger charge is 2.36. The van der Waals surface area contributed by atoms with Crippen molar-refractivity contribution in [2.75, 3.05) is 109 Å². The Morgan fingerprint density at radius 1 is 0.629 bits per heavy atom. The van der Waals surface area contributed by atoms with Gasteiger partial charge in [0.2, 0.25) is 47.3 Å². The number of hydrogen-bond acceptors (Lipinski definition) is 27. The zero-order chi connectivity index (χ0) is 86.1. The number of carbonyl (C=O) groups excluding carboxylic acids is 13. The molecule has 38 heteroatoms. The van der Waals surface area contributed by atoms with E-state index in [-0.39, 0.29) is 177 Å². The monoisotopic (exact) mass is 1690 g/mol. The number of aliphatic carboxylic acids is 1. The molecule has 2 aliphatic heterocycles. The Morgan fingerprint density at radius 3 is 1.83 bits per heavy atom. The topological polar surface area (TPSA) is 548 Å². The first kappa shape index (κ1) is 104. The van der Waals surface area contributed by atoms with Crippen LogP contribution in [-0.4, -0.2) is 254 Å². The van der Waals surface area contributed by atoms with Crippen LogP contribution in [0.2, 0.25) is 0 Å². The van der Waals surface area contributed by atoms with Crippen LogP contribution in [0.5, 0.6) is 0 Å². The number of guanidine groups is 1. The van der Waals surface area contributed by atoms with Crippen LogP contribution >= 0.6 is 33.3 Å². The van der Waals surface area contributed by atoms with Crippen LogP contribution in [0, 0.1) is 29.6 Å². The fourth-order valence-electron chi connectivity index (χ4n) is 12.0. The summed E-state index contributed by atoms with van der Waals surface area (Å²) in [6.07, 6.45) is 5.49. The van der Waals surface area contributed by atoms with Crippen LogP contribution in [0.25, 0.3) is 0 Å². The number of carbonyl (C=O) groups is 14. The molecule has 1 aromatic carbocycles. The number of carboxylic acid groups (broad SMARTS) is 1. The number of oxime groups is 2. The second-order valence-corrected chi connectivity index (χ2v) is 33.0. The third-order valence-electron chi connectivity index (χ3n) is 18.8. The van der Waals surface area contributed by atoms with Crippen molar-refractivity contribution in [1.29, 1.82) is 0 Å². The molecule has 1 unspecified atom stereocenters. The second kappa shape index (κ2) is 62.1. The van der Waals surface area contributed by atoms with Crippen molar-refractivity contribution >= 4 is 133 Å². The van der Waals surface area contributed by atoms with E-state index < -0.39 is 144 Å². The lowest BCUT2D eigenvalue weighted by atomic mass is 9.90. The number of fused-ring (bicyclic) bond motifs is 5. The summed E-state index contributed by atoms with van der Waals surface area (Å²) < 4.78 is 21.8. The number of ether oxygens (including phenoxy) is 4. The molecular weight excluding hydrogens is 1570 g/mol. The molecule has 654 valence electrons. The molecule has 0 radical (unpaired) electrons. The van der Waals surface area contributed by atoms with E-state index in [2.05, 4.69) is 71.7 Å². The van der Waals surface area contributed by atoms with Crippen molar-refractivity contribution in [1.82, 2.24) is 42.5 Å². The number of aliphatic imine (C=N–C) groups is 1. The first-order chi connectivity index (χ1) is 55.4. The Bertz CT molecular complexity index is 3290. The molecule has 8 atom stereocenters. The number of ketones is 5. The molecule has 2 heterocycles. The predicted octanol–water partition coefficient (Wildman–Crippen LogP) is 3.41. The number of Topliss-reactive ketones (excluding diaryl/α,β-unsaturated/α-hetero) is 5. The number of amides is 8. The summed E-state index contributed by atoms with van der Waals surface area (Å²) in [4.78, 5) is 195. The summed E-state index contributed by atoms with van der Waals surface area (Å²) in [6.45, 7) is 13.1. The van der Waals surface area contributed by atoms with Crippen LogP contribution in [0.4, 0.5) is 0 Å². The van der Waals surface area contributed by atoms with E-state index in [1.54, 1.807) is 44.2 Å². The van der Waals surface area contributed by atoms with Gasteiger partial charge in [-0.2, -0.15) is 0 Å². The summed E-state index contributed by atoms with van der Waals surface area (Å²) in [5, 5.41) is 55.6. The molecule has 8 amide bonds. The number of primary amides is 1. The van der Waals surface area contributed by atoms with E-state index in [9.17, 15) is 77.4 Å². The Balaban J connectivity index is 0.0000111. The third-order valence-corrected chi connectivity index (χ3v) is 22.3. The molecular formula is C78H128N14O21S3. The lowest BCUT2D eigenvalue weighted by Crippen LogP contribution is -2.53. The average molecular weight is 1690 g/mol. The molecule has 1 aromatic rings. The minimum Gasteiger partial charge on any atom is -0.481 e. The van der Waals surface area contributed by atoms with Gasteiger partial charge in [-0.1, -0.05) is 90.2 Å². The predicted molar refractivity (Wildman–Crippen MR) is 444 cm³/mol. The molecule has 0 aliphatic carbocycles. The summed E-state index contributed by atoms with van der Waals surface area (Å²) in [6, 6.07) is 3.33. The molecule has 0 saturated carbocycles. The molecule has 35 nitrogen and oxygen atoms in total. The van der Waals surface area contributed by atoms with Crippen molar-refractivity contribution in [2.45, 2.75) is 213 Å². The molecule has 17 N–H and O–H groups in total. The molecule has 0 aromatic heterocycles. The fourth-order valence-corrected chi connectivity index (χ4v) is 15.3. The van der Waals surface area contributed by atoms with Gasteiger partial charge in [-0.05, 0) is 122 Å². The maximum atomic E-state index is 14.9. The first-order valence-electron chi connectivity index (χ1n) is 39.8. The Hall–Kier alpha value is -8.14. The van der Waals surface area contributed by atoms with Crippen LogP contribution in [0.1, 0.15) is 182 Å². The number of unbranched alkanes of at least 4 members (excludes halogenated alkanes) is 1. The molecule has 0 spiro atoms. The minimum atomic E-state index is -1.54. The number of nitrogens with one attached hydrogen (secondary N) is 8. The lowest BCUT2D eigenvalue weighted by molar-refractivity contribution is -0.142. The maximum absolute atomic E-state index is 14.9. The van der Waals surface area contributed by atoms with E-state index in [4.69, 9.17) is 41.4 Å². The van der Waals surface area contributed by atoms with Crippen molar-refractivity contribution in [3.63, 3.8) is 0 Å². The van der Waals surface area contributed by atoms with Crippen molar-refractivity contribution in [3.8, 4) is 0 Å². The highest BCUT2D eigenvalue weighted by atomic mass is 33.1. The molecule has 2 aliphatic rings. The zero-order valence-corrected chi connectivity index (χ0v) is 70.7. The van der Waals surface area contributed by atoms with E-state index in [1.165, 1.54) is 6.21 Å². The third kappa shape index (κ3) is 49.8. The van der Waals surface area contributed by atoms with Crippen LogP contribution < -0.4 is 59.7 Å². The standard InChI is InChI=1S/C76H123N13O20S3.C2H5NO/c1-50(2)16-11-19-52(27-31-84-76(4,5)51(3)89-105)26-30-81-68(97)25-12-24-67(96)80-28-10-9-22-59-74(104)88-62-48-112-111-47-61(87-73(103)56(42-70(99)100)39-58(91)43-83-71(101)54(40-64(62)93)20-13-29-82-75(78)79)65(94)41-55(38-53-17-7-6-8-18-53)72(102)86-60(46-110-49-69(98)85-59)63(92)23-15-33-107-35-37-108-36-34-106-32-14-21-57(90)44-109-45-66(77)95;1-2-3-4/h6-8,17-18,50,52,54-56,59-62,84,105H,9-16,19-49H2,1-5H3,(H2,77,95)(H,80,96)(H,81,97)(H,83,101)(H,85,98)(H,86,102)(H,87,103)(H,88,104)(H,99,100)(H4,78,79,82);2,4H,1H3/b89-51-;3-2+/t52?,54-,55-,56+,59+,60+,61+,62+;/m1./s1. The van der Waals surface area contributed by atoms with E-state index in [0.717, 1.165) is 65.5 Å². The fraction of sp³-hybridized carbons (Fsp3) is 0.705. The van der Waals surface area contributed by atoms with E-state index >= 15 is 0 Å². The van der Waals surface area contributed by atoms with Gasteiger partial charge in [0, 0.05) is 113 Å². The van der Waals surface area contributed by atoms with Gasteiger partial charge >= 0.3 is 5.97 Å². The van der Waals surface area contributed by atoms with Gasteiger partial charge in [-0.3, -0.25) is 72.1 Å². The van der Waals surface area contributed by atoms with Gasteiger partial charge in [0.15, 0.2) is 34.9 Å². The number of hydrogen-bond donors (Lipinski definition) is 14. The smallest absolute Gasteiger partial charge is 0.304 e. The Labute approximate surface area is 693 Å². The highest BCUT2D eigenvalue weighted by molar-refractivity contribution is 8.76. The lowest BCUT2D eigenvalue weighted by Gasteiger charge is -2.27. The Kier molecular flexibility index (Phi) is 55.6. The number of nitrogens with zero attached hydrogens (tertiary/aromatic N) is 3. The number of benzene rings is 1. The normalized spacial score (nSPS) is 19.8. The van der Waals surface area contributed by atoms with Crippen molar-refractivity contribution in [3.05, 3.63) is 35.9 Å². The van der Waals surface area contributed by atoms with E-state index in [1.807, 2.05) is 13.8 Å². The molecule has 3 rings (SSSR count). The Morgan fingerprint density at radius 2 is 1.22 bits per heavy atom. The molecule has 2 fully saturated rings. The van der Waals surface area contributed by atoms with Gasteiger partial charge in [-0.15, -0.1) is 16.9 Å². The molecule has 2 saturated heterocycles. The second-order valence-electron chi connectivity index (χ2n) is 29.5. The highest BCUT2D eigenvalue weighted by Crippen LogP contribution is 2.28. The summed E-state index contributed by atoms with van der Waals surface area (Å²) in [5.74, 6) is -13.3. The number of carboxylic acids is 1. The van der Waals surface area contributed by atoms with Crippen LogP contribution in [0.15, 0.2) is 45.6 Å². The SMILES string of the molecule is C/C(=N/O)C(C)(C)NCCC(CCCC(C)C)CCNC(=O)CCCC(=O)NCCCC[C@@H]1NC(=O)CSC[C@@H](C(=O)CCCOCCOCCOCCCC(=O)COCC(N)=O)NC(=O)[C@H](Cc2ccccc2)CC(=O)[C@@H]2CSSC[C@H](NC1=O)C(=O)C[C@@H](CCCN=C(N)N)C(=O)NCC(=O)C[C@@H](CC(=O)O)C(=O)N2.C/C=N/O. The minimum absolute atomic E-state index is 0.0126. The summed E-state index contributed by atoms with van der Waals surface area (Å²) >= 11 is 0.972. The zero-order valence-electron chi connectivity index (χ0n) is 68.2. The first-order valence-corrected chi connectivity index (χ1v) is 43.4. The van der Waals surface area contributed by atoms with Crippen molar-refractivity contribution in [2.24, 2.45) is 62.1 Å². The summed E-state index contributed by atoms with van der Waals surface area (Å²) in [7, 11) is 2.01. The molecule has 116 heavy (non-hydrogen) atoms. The summed E-state index contributed by atoms with van der Waals surface area (Å²) in [5.41, 5.74) is 16.9. The molecule has 2 bridgehead atoms. The van der Waals surface area contributed by atoms with E-state index in [0.29, 0.717) is 55.6 Å². The van der Waals surface area contributed by atoms with Crippen LogP contribution in [-0.2, 0) is 92.5 Å². The van der Waals surface area contributed by atoms with Gasteiger partial charge in [-0.25, -0.2) is 0 Å². The average Bonchev–Trinajstić information content (AvgIpc) is 1.02. The number of thioether (sulfide) groups is 1. The van der Waals surface area contributed by atoms with Crippen molar-refractivity contribution < 1.29 is 102 Å². The van der Waals surface area contributed by atoms with Gasteiger partial charge in [0.05, 0.1) is 80.4 Å². The van der Waals surface area contributed by atoms with Crippen LogP contribution in [0.3, 0.4) is 0 Å². The van der Waals surface area contributed by atoms with Gasteiger partial charge < -0.3 is 94.2 Å². The number of nitrogens with two attached hydrogens (primary N) is 3. The van der Waals surface area contributed by atoms with Gasteiger partial charge in [0.25, 0.3) is 0 Å². The quantitative estimate of drug-likeness (QED) is 0.0111. The number of rotatable bonds is 48. The van der Waals surface area contributed by atoms with Gasteiger partial charge in [0.1, 0.15) is 19.3 Å².